The predicted octanol–water partition coefficient (Wildman–Crippen LogP) is 6.66. The molecule has 12 heteroatoms. The molecule has 48 heavy (non-hydrogen) atoms. The Hall–Kier alpha value is -4.71. The molecule has 2 amide bonds. The van der Waals surface area contributed by atoms with Crippen LogP contribution in [0.5, 0.6) is 0 Å². The van der Waals surface area contributed by atoms with Crippen LogP contribution >= 0.6 is 0 Å². The van der Waals surface area contributed by atoms with E-state index in [1.165, 1.54) is 0 Å². The number of amides is 2. The van der Waals surface area contributed by atoms with Crippen LogP contribution in [0.3, 0.4) is 0 Å². The highest BCUT2D eigenvalue weighted by atomic mass is 16.6. The summed E-state index contributed by atoms with van der Waals surface area (Å²) in [5.41, 5.74) is 3.22. The molecule has 1 aromatic carbocycles. The number of ether oxygens (including phenoxy) is 3. The maximum atomic E-state index is 13.9. The molecule has 12 nitrogen and oxygen atoms in total. The van der Waals surface area contributed by atoms with Crippen molar-refractivity contribution in [3.63, 3.8) is 0 Å². The fraction of sp³-hybridized carbons (Fsp3) is 0.472. The minimum Gasteiger partial charge on any atom is -0.444 e. The summed E-state index contributed by atoms with van der Waals surface area (Å²) in [7, 11) is 0. The van der Waals surface area contributed by atoms with Gasteiger partial charge in [-0.05, 0) is 78.0 Å². The Balaban J connectivity index is 1.29. The number of carbonyl (C=O) groups excluding carboxylic acids is 2. The quantitative estimate of drug-likeness (QED) is 0.222. The van der Waals surface area contributed by atoms with Crippen molar-refractivity contribution in [2.45, 2.75) is 84.2 Å². The largest absolute Gasteiger partial charge is 0.444 e. The number of benzene rings is 1. The van der Waals surface area contributed by atoms with Crippen molar-refractivity contribution in [2.24, 2.45) is 0 Å². The number of morpholine rings is 1. The molecule has 1 N–H and O–H groups in total. The van der Waals surface area contributed by atoms with Crippen molar-refractivity contribution in [3.8, 4) is 11.3 Å². The average molecular weight is 656 g/mol. The van der Waals surface area contributed by atoms with Crippen molar-refractivity contribution in [1.29, 1.82) is 0 Å². The lowest BCUT2D eigenvalue weighted by Crippen LogP contribution is -2.49. The van der Waals surface area contributed by atoms with Crippen molar-refractivity contribution < 1.29 is 23.8 Å². The maximum Gasteiger partial charge on any atom is 0.416 e. The normalized spacial score (nSPS) is 16.9. The highest BCUT2D eigenvalue weighted by molar-refractivity contribution is 5.88. The third kappa shape index (κ3) is 8.22. The first-order valence-electron chi connectivity index (χ1n) is 16.6. The van der Waals surface area contributed by atoms with E-state index in [9.17, 15) is 9.59 Å². The van der Waals surface area contributed by atoms with Crippen LogP contribution in [0.15, 0.2) is 60.9 Å². The summed E-state index contributed by atoms with van der Waals surface area (Å²) in [6, 6.07) is 15.6. The third-order valence-corrected chi connectivity index (χ3v) is 7.94. The van der Waals surface area contributed by atoms with Crippen LogP contribution in [0.1, 0.15) is 71.4 Å². The second kappa shape index (κ2) is 13.4. The van der Waals surface area contributed by atoms with Crippen LogP contribution in [-0.2, 0) is 20.8 Å². The molecular weight excluding hydrogens is 610 g/mol. The van der Waals surface area contributed by atoms with E-state index in [0.717, 1.165) is 35.2 Å². The summed E-state index contributed by atoms with van der Waals surface area (Å²) in [6.07, 6.45) is 4.64. The van der Waals surface area contributed by atoms with E-state index < -0.39 is 17.3 Å². The summed E-state index contributed by atoms with van der Waals surface area (Å²) >= 11 is 0. The van der Waals surface area contributed by atoms with Gasteiger partial charge in [-0.2, -0.15) is 9.61 Å². The van der Waals surface area contributed by atoms with Gasteiger partial charge in [0, 0.05) is 36.5 Å². The molecule has 254 valence electrons. The molecule has 6 rings (SSSR count). The number of anilines is 2. The number of hydrogen-bond acceptors (Lipinski definition) is 9. The Morgan fingerprint density at radius 3 is 2.44 bits per heavy atom. The molecule has 0 spiro atoms. The van der Waals surface area contributed by atoms with Crippen LogP contribution in [0.4, 0.5) is 21.2 Å². The predicted molar refractivity (Wildman–Crippen MR) is 183 cm³/mol. The van der Waals surface area contributed by atoms with Crippen molar-refractivity contribution in [2.75, 3.05) is 36.5 Å². The fourth-order valence-electron chi connectivity index (χ4n) is 5.54. The summed E-state index contributed by atoms with van der Waals surface area (Å²) in [6.45, 7) is 13.0. The standard InChI is InChI=1S/C36H45N7O5/c1-35(2,3)47-33(44)41-17-18-46-27(23-41)20-38-30-19-31(43-32(40-30)28(21-39-43)25-14-15-25)42(34(45)48-36(4,5)6)22-24-10-12-26(13-11-24)29-9-7-8-16-37-29/h7-13,16,19,21,25,27H,14-15,17-18,20,22-23H2,1-6H3,(H,38,40)/t27-/m0/s1. The first-order chi connectivity index (χ1) is 22.8. The van der Waals surface area contributed by atoms with E-state index in [1.54, 1.807) is 20.5 Å². The average Bonchev–Trinajstić information content (AvgIpc) is 3.80. The lowest BCUT2D eigenvalue weighted by atomic mass is 10.1. The number of aromatic nitrogens is 4. The van der Waals surface area contributed by atoms with E-state index in [4.69, 9.17) is 24.3 Å². The van der Waals surface area contributed by atoms with Gasteiger partial charge in [0.1, 0.15) is 22.8 Å². The van der Waals surface area contributed by atoms with Crippen LogP contribution in [-0.4, -0.2) is 80.2 Å². The minimum atomic E-state index is -0.715. The molecule has 0 radical (unpaired) electrons. The second-order valence-corrected chi connectivity index (χ2v) is 14.4. The van der Waals surface area contributed by atoms with Gasteiger partial charge in [0.15, 0.2) is 5.65 Å². The van der Waals surface area contributed by atoms with Gasteiger partial charge in [-0.15, -0.1) is 0 Å². The van der Waals surface area contributed by atoms with Crippen LogP contribution in [0.25, 0.3) is 16.9 Å². The number of nitrogens with zero attached hydrogens (tertiary/aromatic N) is 6. The maximum absolute atomic E-state index is 13.9. The summed E-state index contributed by atoms with van der Waals surface area (Å²) in [4.78, 5) is 39.3. The zero-order chi connectivity index (χ0) is 34.1. The number of fused-ring (bicyclic) bond motifs is 1. The summed E-state index contributed by atoms with van der Waals surface area (Å²) in [5, 5.41) is 8.13. The molecule has 1 saturated carbocycles. The van der Waals surface area contributed by atoms with E-state index in [-0.39, 0.29) is 18.7 Å². The van der Waals surface area contributed by atoms with E-state index in [0.29, 0.717) is 49.4 Å². The Morgan fingerprint density at radius 1 is 1.02 bits per heavy atom. The highest BCUT2D eigenvalue weighted by Crippen LogP contribution is 2.42. The molecule has 4 heterocycles. The van der Waals surface area contributed by atoms with Gasteiger partial charge in [0.2, 0.25) is 0 Å². The van der Waals surface area contributed by atoms with Crippen molar-refractivity contribution in [3.05, 3.63) is 72.1 Å². The monoisotopic (exact) mass is 655 g/mol. The molecule has 1 aliphatic heterocycles. The van der Waals surface area contributed by atoms with Gasteiger partial charge in [0.25, 0.3) is 0 Å². The van der Waals surface area contributed by atoms with E-state index in [2.05, 4.69) is 10.3 Å². The molecule has 2 aliphatic rings. The molecule has 1 aliphatic carbocycles. The van der Waals surface area contributed by atoms with E-state index in [1.807, 2.05) is 96.3 Å². The molecule has 0 unspecified atom stereocenters. The van der Waals surface area contributed by atoms with E-state index >= 15 is 0 Å². The van der Waals surface area contributed by atoms with Gasteiger partial charge in [0.05, 0.1) is 37.7 Å². The molecule has 3 aromatic heterocycles. The molecule has 1 atom stereocenters. The fourth-order valence-corrected chi connectivity index (χ4v) is 5.54. The van der Waals surface area contributed by atoms with Gasteiger partial charge in [-0.1, -0.05) is 30.3 Å². The topological polar surface area (TPSA) is 123 Å². The molecule has 0 bridgehead atoms. The van der Waals surface area contributed by atoms with Crippen molar-refractivity contribution >= 4 is 29.5 Å². The minimum absolute atomic E-state index is 0.241. The van der Waals surface area contributed by atoms with Crippen LogP contribution in [0, 0.1) is 0 Å². The van der Waals surface area contributed by atoms with Gasteiger partial charge in [-0.3, -0.25) is 9.88 Å². The summed E-state index contributed by atoms with van der Waals surface area (Å²) < 4.78 is 19.2. The number of rotatable bonds is 8. The molecule has 4 aromatic rings. The Bertz CT molecular complexity index is 1740. The van der Waals surface area contributed by atoms with Gasteiger partial charge >= 0.3 is 12.2 Å². The first-order valence-corrected chi connectivity index (χ1v) is 16.6. The number of nitrogens with one attached hydrogen (secondary N) is 1. The lowest BCUT2D eigenvalue weighted by molar-refractivity contribution is -0.0371. The summed E-state index contributed by atoms with van der Waals surface area (Å²) in [5.74, 6) is 1.48. The lowest BCUT2D eigenvalue weighted by Gasteiger charge is -2.34. The smallest absolute Gasteiger partial charge is 0.416 e. The van der Waals surface area contributed by atoms with Crippen LogP contribution in [0.2, 0.25) is 0 Å². The SMILES string of the molecule is CC(C)(C)OC(=O)N1CCO[C@@H](CNc2cc(N(Cc3ccc(-c4ccccn4)cc3)C(=O)OC(C)(C)C)n3ncc(C4CC4)c3n2)C1. The van der Waals surface area contributed by atoms with Crippen molar-refractivity contribution in [1.82, 2.24) is 24.5 Å². The van der Waals surface area contributed by atoms with Crippen LogP contribution < -0.4 is 10.2 Å². The Morgan fingerprint density at radius 2 is 1.77 bits per heavy atom. The molecular formula is C36H45N7O5. The highest BCUT2D eigenvalue weighted by Gasteiger charge is 2.32. The number of pyridine rings is 1. The zero-order valence-electron chi connectivity index (χ0n) is 28.6. The molecule has 2 fully saturated rings. The first kappa shape index (κ1) is 33.2. The molecule has 1 saturated heterocycles. The van der Waals surface area contributed by atoms with Gasteiger partial charge < -0.3 is 24.4 Å². The number of carbonyl (C=O) groups is 2. The number of hydrogen-bond donors (Lipinski definition) is 1. The Labute approximate surface area is 281 Å². The second-order valence-electron chi connectivity index (χ2n) is 14.4. The third-order valence-electron chi connectivity index (χ3n) is 7.94. The zero-order valence-corrected chi connectivity index (χ0v) is 28.6. The van der Waals surface area contributed by atoms with Gasteiger partial charge in [-0.25, -0.2) is 14.6 Å². The Kier molecular flexibility index (Phi) is 9.28.